The van der Waals surface area contributed by atoms with Crippen molar-refractivity contribution in [2.24, 2.45) is 0 Å². The molecule has 158 valence electrons. The standard InChI is InChI=1S/C19H27N5O4S/c1-13-12-16(21-14(2)20-13)23-8-10-24(11-9-23)18(25)15-6-7-17(28-15)29(26,27)22-19(3,4)5/h6-7,12,22H,8-11H2,1-5H3. The van der Waals surface area contributed by atoms with Gasteiger partial charge in [0.15, 0.2) is 5.76 Å². The summed E-state index contributed by atoms with van der Waals surface area (Å²) >= 11 is 0. The molecule has 0 aromatic carbocycles. The summed E-state index contributed by atoms with van der Waals surface area (Å²) in [4.78, 5) is 25.3. The van der Waals surface area contributed by atoms with E-state index in [0.717, 1.165) is 11.5 Å². The van der Waals surface area contributed by atoms with Crippen LogP contribution in [0, 0.1) is 13.8 Å². The Labute approximate surface area is 171 Å². The molecule has 0 saturated carbocycles. The summed E-state index contributed by atoms with van der Waals surface area (Å²) in [5.74, 6) is 1.26. The van der Waals surface area contributed by atoms with E-state index in [1.165, 1.54) is 12.1 Å². The molecule has 3 heterocycles. The van der Waals surface area contributed by atoms with Crippen LogP contribution in [0.5, 0.6) is 0 Å². The van der Waals surface area contributed by atoms with Crippen LogP contribution >= 0.6 is 0 Å². The molecule has 1 aliphatic rings. The van der Waals surface area contributed by atoms with E-state index in [2.05, 4.69) is 19.6 Å². The smallest absolute Gasteiger partial charge is 0.289 e. The van der Waals surface area contributed by atoms with Gasteiger partial charge in [0.1, 0.15) is 11.6 Å². The van der Waals surface area contributed by atoms with Gasteiger partial charge in [-0.15, -0.1) is 0 Å². The lowest BCUT2D eigenvalue weighted by molar-refractivity contribution is 0.0708. The summed E-state index contributed by atoms with van der Waals surface area (Å²) in [7, 11) is -3.82. The summed E-state index contributed by atoms with van der Waals surface area (Å²) in [6.07, 6.45) is 0. The van der Waals surface area contributed by atoms with Gasteiger partial charge >= 0.3 is 0 Å². The molecule has 1 amide bonds. The Balaban J connectivity index is 1.66. The van der Waals surface area contributed by atoms with Gasteiger partial charge in [0.2, 0.25) is 5.09 Å². The molecule has 29 heavy (non-hydrogen) atoms. The normalized spacial score (nSPS) is 15.6. The summed E-state index contributed by atoms with van der Waals surface area (Å²) < 4.78 is 32.6. The first-order valence-electron chi connectivity index (χ1n) is 9.45. The van der Waals surface area contributed by atoms with E-state index in [0.29, 0.717) is 32.0 Å². The van der Waals surface area contributed by atoms with E-state index in [9.17, 15) is 13.2 Å². The van der Waals surface area contributed by atoms with Crippen LogP contribution in [-0.4, -0.2) is 60.9 Å². The number of anilines is 1. The summed E-state index contributed by atoms with van der Waals surface area (Å²) in [6, 6.07) is 4.64. The number of carbonyl (C=O) groups excluding carboxylic acids is 1. The number of nitrogens with zero attached hydrogens (tertiary/aromatic N) is 4. The minimum absolute atomic E-state index is 0.0152. The molecule has 2 aromatic heterocycles. The molecular formula is C19H27N5O4S. The second kappa shape index (κ2) is 7.75. The largest absolute Gasteiger partial charge is 0.438 e. The number of aryl methyl sites for hydroxylation is 2. The fraction of sp³-hybridized carbons (Fsp3) is 0.526. The Hall–Kier alpha value is -2.46. The van der Waals surface area contributed by atoms with Crippen LogP contribution in [0.3, 0.4) is 0 Å². The Bertz CT molecular complexity index is 982. The zero-order valence-corrected chi connectivity index (χ0v) is 18.2. The molecule has 1 saturated heterocycles. The van der Waals surface area contributed by atoms with Crippen molar-refractivity contribution in [1.82, 2.24) is 19.6 Å². The number of carbonyl (C=O) groups is 1. The number of aromatic nitrogens is 2. The fourth-order valence-corrected chi connectivity index (χ4v) is 4.54. The van der Waals surface area contributed by atoms with Gasteiger partial charge in [0, 0.05) is 43.5 Å². The van der Waals surface area contributed by atoms with Crippen molar-refractivity contribution in [1.29, 1.82) is 0 Å². The van der Waals surface area contributed by atoms with E-state index in [1.54, 1.807) is 25.7 Å². The van der Waals surface area contributed by atoms with E-state index in [1.807, 2.05) is 19.9 Å². The van der Waals surface area contributed by atoms with Crippen LogP contribution in [0.1, 0.15) is 42.8 Å². The van der Waals surface area contributed by atoms with Crippen molar-refractivity contribution in [2.45, 2.75) is 45.2 Å². The Morgan fingerprint density at radius 1 is 1.10 bits per heavy atom. The highest BCUT2D eigenvalue weighted by Crippen LogP contribution is 2.20. The first kappa shape index (κ1) is 21.3. The number of rotatable bonds is 4. The highest BCUT2D eigenvalue weighted by Gasteiger charge is 2.29. The molecule has 1 fully saturated rings. The van der Waals surface area contributed by atoms with E-state index >= 15 is 0 Å². The van der Waals surface area contributed by atoms with Crippen LogP contribution in [0.25, 0.3) is 0 Å². The van der Waals surface area contributed by atoms with Crippen molar-refractivity contribution in [3.8, 4) is 0 Å². The molecule has 0 aliphatic carbocycles. The number of amides is 1. The van der Waals surface area contributed by atoms with Gasteiger partial charge in [-0.1, -0.05) is 0 Å². The Kier molecular flexibility index (Phi) is 5.68. The van der Waals surface area contributed by atoms with E-state index in [-0.39, 0.29) is 16.8 Å². The number of sulfonamides is 1. The van der Waals surface area contributed by atoms with Gasteiger partial charge in [-0.2, -0.15) is 0 Å². The van der Waals surface area contributed by atoms with Gasteiger partial charge in [-0.05, 0) is 46.8 Å². The molecule has 0 bridgehead atoms. The Morgan fingerprint density at radius 2 is 1.76 bits per heavy atom. The van der Waals surface area contributed by atoms with Crippen molar-refractivity contribution in [3.05, 3.63) is 35.5 Å². The van der Waals surface area contributed by atoms with Crippen LogP contribution in [0.15, 0.2) is 27.7 Å². The predicted molar refractivity (Wildman–Crippen MR) is 108 cm³/mol. The lowest BCUT2D eigenvalue weighted by atomic mass is 10.1. The zero-order chi connectivity index (χ0) is 21.4. The molecule has 2 aromatic rings. The number of nitrogens with one attached hydrogen (secondary N) is 1. The van der Waals surface area contributed by atoms with Gasteiger partial charge in [-0.3, -0.25) is 4.79 Å². The molecule has 9 nitrogen and oxygen atoms in total. The molecular weight excluding hydrogens is 394 g/mol. The van der Waals surface area contributed by atoms with Gasteiger partial charge in [0.25, 0.3) is 15.9 Å². The first-order chi connectivity index (χ1) is 13.4. The quantitative estimate of drug-likeness (QED) is 0.801. The first-order valence-corrected chi connectivity index (χ1v) is 10.9. The monoisotopic (exact) mass is 421 g/mol. The van der Waals surface area contributed by atoms with Gasteiger partial charge < -0.3 is 14.2 Å². The molecule has 0 atom stereocenters. The number of hydrogen-bond acceptors (Lipinski definition) is 7. The molecule has 3 rings (SSSR count). The molecule has 1 aliphatic heterocycles. The molecule has 0 spiro atoms. The van der Waals surface area contributed by atoms with Crippen LogP contribution in [0.2, 0.25) is 0 Å². The number of piperazine rings is 1. The minimum Gasteiger partial charge on any atom is -0.438 e. The lowest BCUT2D eigenvalue weighted by Crippen LogP contribution is -2.49. The van der Waals surface area contributed by atoms with Gasteiger partial charge in [0.05, 0.1) is 0 Å². The molecule has 0 unspecified atom stereocenters. The average molecular weight is 422 g/mol. The molecule has 10 heteroatoms. The van der Waals surface area contributed by atoms with Crippen molar-refractivity contribution < 1.29 is 17.6 Å². The maximum absolute atomic E-state index is 12.7. The SMILES string of the molecule is Cc1cc(N2CCN(C(=O)c3ccc(S(=O)(=O)NC(C)(C)C)o3)CC2)nc(C)n1. The highest BCUT2D eigenvalue weighted by molar-refractivity contribution is 7.89. The maximum Gasteiger partial charge on any atom is 0.289 e. The summed E-state index contributed by atoms with van der Waals surface area (Å²) in [6.45, 7) is 11.2. The van der Waals surface area contributed by atoms with Crippen LogP contribution < -0.4 is 9.62 Å². The lowest BCUT2D eigenvalue weighted by Gasteiger charge is -2.35. The van der Waals surface area contributed by atoms with Crippen LogP contribution in [0.4, 0.5) is 5.82 Å². The predicted octanol–water partition coefficient (Wildman–Crippen LogP) is 1.73. The van der Waals surface area contributed by atoms with E-state index in [4.69, 9.17) is 4.42 Å². The summed E-state index contributed by atoms with van der Waals surface area (Å²) in [5, 5.41) is -0.263. The highest BCUT2D eigenvalue weighted by atomic mass is 32.2. The third-order valence-electron chi connectivity index (χ3n) is 4.34. The maximum atomic E-state index is 12.7. The second-order valence-electron chi connectivity index (χ2n) is 8.17. The third-order valence-corrected chi connectivity index (χ3v) is 5.97. The molecule has 0 radical (unpaired) electrons. The zero-order valence-electron chi connectivity index (χ0n) is 17.4. The minimum atomic E-state index is -3.82. The van der Waals surface area contributed by atoms with Gasteiger partial charge in [-0.25, -0.2) is 23.1 Å². The van der Waals surface area contributed by atoms with Crippen LogP contribution in [-0.2, 0) is 10.0 Å². The third kappa shape index (κ3) is 5.13. The average Bonchev–Trinajstić information content (AvgIpc) is 3.09. The van der Waals surface area contributed by atoms with Crippen molar-refractivity contribution >= 4 is 21.7 Å². The topological polar surface area (TPSA) is 109 Å². The molecule has 1 N–H and O–H groups in total. The van der Waals surface area contributed by atoms with E-state index < -0.39 is 15.6 Å². The van der Waals surface area contributed by atoms with Crippen molar-refractivity contribution in [3.63, 3.8) is 0 Å². The fourth-order valence-electron chi connectivity index (χ4n) is 3.19. The summed E-state index contributed by atoms with van der Waals surface area (Å²) in [5.41, 5.74) is 0.253. The van der Waals surface area contributed by atoms with Crippen molar-refractivity contribution in [2.75, 3.05) is 31.1 Å². The number of furan rings is 1. The Morgan fingerprint density at radius 3 is 2.34 bits per heavy atom. The number of hydrogen-bond donors (Lipinski definition) is 1. The second-order valence-corrected chi connectivity index (χ2v) is 9.78.